The Hall–Kier alpha value is -2.10. The maximum absolute atomic E-state index is 13.7. The first-order valence-corrected chi connectivity index (χ1v) is 8.70. The number of benzene rings is 2. The number of hydrogen-bond donors (Lipinski definition) is 0. The molecule has 2 rings (SSSR count). The molecule has 0 aromatic heterocycles. The van der Waals surface area contributed by atoms with E-state index in [1.807, 2.05) is 0 Å². The van der Waals surface area contributed by atoms with Crippen molar-refractivity contribution < 1.29 is 22.1 Å². The van der Waals surface area contributed by atoms with Gasteiger partial charge in [0, 0.05) is 36.9 Å². The fourth-order valence-corrected chi connectivity index (χ4v) is 3.61. The third kappa shape index (κ3) is 3.94. The van der Waals surface area contributed by atoms with Crippen molar-refractivity contribution >= 4 is 27.3 Å². The summed E-state index contributed by atoms with van der Waals surface area (Å²) in [5.41, 5.74) is -0.342. The predicted octanol–water partition coefficient (Wildman–Crippen LogP) is 3.66. The highest BCUT2D eigenvalue weighted by Crippen LogP contribution is 2.31. The Morgan fingerprint density at radius 2 is 1.88 bits per heavy atom. The fourth-order valence-electron chi connectivity index (χ4n) is 2.13. The highest BCUT2D eigenvalue weighted by Gasteiger charge is 2.26. The molecule has 0 fully saturated rings. The Morgan fingerprint density at radius 1 is 1.24 bits per heavy atom. The molecule has 0 radical (unpaired) electrons. The number of halogens is 3. The monoisotopic (exact) mass is 390 g/mol. The van der Waals surface area contributed by atoms with Crippen LogP contribution in [0, 0.1) is 28.7 Å². The number of nitrogens with zero attached hydrogens (tertiary/aromatic N) is 2. The van der Waals surface area contributed by atoms with Crippen molar-refractivity contribution in [2.24, 2.45) is 0 Å². The minimum absolute atomic E-state index is 0.0415. The molecule has 0 aliphatic carbocycles. The Kier molecular flexibility index (Phi) is 5.40. The van der Waals surface area contributed by atoms with Crippen molar-refractivity contribution in [1.82, 2.24) is 4.31 Å². The second-order valence-corrected chi connectivity index (χ2v) is 7.76. The molecule has 6 nitrogen and oxygen atoms in total. The van der Waals surface area contributed by atoms with E-state index in [1.165, 1.54) is 14.0 Å². The zero-order valence-corrected chi connectivity index (χ0v) is 14.7. The van der Waals surface area contributed by atoms with E-state index < -0.39 is 32.3 Å². The van der Waals surface area contributed by atoms with Gasteiger partial charge in [-0.05, 0) is 19.1 Å². The molecule has 0 saturated carbocycles. The normalized spacial score (nSPS) is 11.8. The molecule has 10 heteroatoms. The van der Waals surface area contributed by atoms with Crippen molar-refractivity contribution in [1.29, 1.82) is 0 Å². The SMILES string of the molecule is Cc1c(Cl)cc(S(=O)(=O)N(C)Cc2ccc(F)cc2F)cc1[N+](=O)[O-]. The van der Waals surface area contributed by atoms with Gasteiger partial charge in [-0.2, -0.15) is 4.31 Å². The number of nitro groups is 1. The average molecular weight is 391 g/mol. The van der Waals surface area contributed by atoms with Crippen LogP contribution in [0.15, 0.2) is 35.2 Å². The molecule has 0 saturated heterocycles. The van der Waals surface area contributed by atoms with Gasteiger partial charge in [0.25, 0.3) is 5.69 Å². The lowest BCUT2D eigenvalue weighted by molar-refractivity contribution is -0.385. The van der Waals surface area contributed by atoms with E-state index >= 15 is 0 Å². The highest BCUT2D eigenvalue weighted by molar-refractivity contribution is 7.89. The number of sulfonamides is 1. The van der Waals surface area contributed by atoms with Crippen LogP contribution in [0.2, 0.25) is 5.02 Å². The molecule has 0 unspecified atom stereocenters. The van der Waals surface area contributed by atoms with E-state index in [2.05, 4.69) is 0 Å². The maximum atomic E-state index is 13.7. The fraction of sp³-hybridized carbons (Fsp3) is 0.200. The zero-order valence-electron chi connectivity index (χ0n) is 13.2. The van der Waals surface area contributed by atoms with Gasteiger partial charge in [0.15, 0.2) is 0 Å². The van der Waals surface area contributed by atoms with Crippen LogP contribution in [-0.4, -0.2) is 24.7 Å². The van der Waals surface area contributed by atoms with E-state index in [0.29, 0.717) is 6.07 Å². The van der Waals surface area contributed by atoms with Crippen molar-refractivity contribution in [3.05, 3.63) is 68.2 Å². The Labute approximate surface area is 147 Å². The molecule has 0 atom stereocenters. The van der Waals surface area contributed by atoms with E-state index in [0.717, 1.165) is 28.6 Å². The first kappa shape index (κ1) is 19.2. The molecule has 2 aromatic carbocycles. The van der Waals surface area contributed by atoms with Crippen molar-refractivity contribution in [3.63, 3.8) is 0 Å². The van der Waals surface area contributed by atoms with Crippen LogP contribution in [-0.2, 0) is 16.6 Å². The zero-order chi connectivity index (χ0) is 18.9. The van der Waals surface area contributed by atoms with Crippen LogP contribution >= 0.6 is 11.6 Å². The van der Waals surface area contributed by atoms with Crippen LogP contribution in [0.3, 0.4) is 0 Å². The topological polar surface area (TPSA) is 80.5 Å². The average Bonchev–Trinajstić information content (AvgIpc) is 2.51. The third-order valence-electron chi connectivity index (χ3n) is 3.60. The molecule has 0 heterocycles. The first-order valence-electron chi connectivity index (χ1n) is 6.89. The second-order valence-electron chi connectivity index (χ2n) is 5.30. The standard InChI is InChI=1S/C15H13ClF2N2O4S/c1-9-13(16)6-12(7-15(9)20(21)22)25(23,24)19(2)8-10-3-4-11(17)5-14(10)18/h3-7H,8H2,1-2H3. The van der Waals surface area contributed by atoms with Gasteiger partial charge in [-0.3, -0.25) is 10.1 Å². The molecule has 0 amide bonds. The minimum Gasteiger partial charge on any atom is -0.258 e. The molecule has 0 bridgehead atoms. The Bertz CT molecular complexity index is 951. The molecule has 2 aromatic rings. The summed E-state index contributed by atoms with van der Waals surface area (Å²) in [4.78, 5) is 9.92. The van der Waals surface area contributed by atoms with E-state index in [-0.39, 0.29) is 27.6 Å². The van der Waals surface area contributed by atoms with Gasteiger partial charge in [0.05, 0.1) is 14.8 Å². The molecule has 0 N–H and O–H groups in total. The highest BCUT2D eigenvalue weighted by atomic mass is 35.5. The smallest absolute Gasteiger partial charge is 0.258 e. The summed E-state index contributed by atoms with van der Waals surface area (Å²) in [5.74, 6) is -1.68. The predicted molar refractivity (Wildman–Crippen MR) is 87.9 cm³/mol. The molecule has 134 valence electrons. The third-order valence-corrected chi connectivity index (χ3v) is 5.78. The largest absolute Gasteiger partial charge is 0.275 e. The van der Waals surface area contributed by atoms with Gasteiger partial charge in [-0.1, -0.05) is 17.7 Å². The summed E-state index contributed by atoms with van der Waals surface area (Å²) >= 11 is 5.89. The molecular formula is C15H13ClF2N2O4S. The quantitative estimate of drug-likeness (QED) is 0.576. The van der Waals surface area contributed by atoms with Crippen LogP contribution in [0.4, 0.5) is 14.5 Å². The van der Waals surface area contributed by atoms with Gasteiger partial charge >= 0.3 is 0 Å². The molecular weight excluding hydrogens is 378 g/mol. The summed E-state index contributed by atoms with van der Waals surface area (Å²) in [6.45, 7) is 1.02. The van der Waals surface area contributed by atoms with Crippen LogP contribution in [0.25, 0.3) is 0 Å². The lowest BCUT2D eigenvalue weighted by Gasteiger charge is -2.18. The van der Waals surface area contributed by atoms with Crippen LogP contribution < -0.4 is 0 Å². The van der Waals surface area contributed by atoms with Gasteiger partial charge in [0.1, 0.15) is 11.6 Å². The van der Waals surface area contributed by atoms with Gasteiger partial charge in [-0.25, -0.2) is 17.2 Å². The maximum Gasteiger partial charge on any atom is 0.275 e. The van der Waals surface area contributed by atoms with Gasteiger partial charge in [-0.15, -0.1) is 0 Å². The molecule has 0 spiro atoms. The summed E-state index contributed by atoms with van der Waals surface area (Å²) in [6.07, 6.45) is 0. The van der Waals surface area contributed by atoms with E-state index in [1.54, 1.807) is 0 Å². The van der Waals surface area contributed by atoms with E-state index in [9.17, 15) is 27.3 Å². The van der Waals surface area contributed by atoms with E-state index in [4.69, 9.17) is 11.6 Å². The summed E-state index contributed by atoms with van der Waals surface area (Å²) in [7, 11) is -3.00. The second kappa shape index (κ2) is 7.03. The van der Waals surface area contributed by atoms with Gasteiger partial charge in [0.2, 0.25) is 10.0 Å². The number of hydrogen-bond acceptors (Lipinski definition) is 4. The first-order chi connectivity index (χ1) is 11.5. The van der Waals surface area contributed by atoms with Crippen molar-refractivity contribution in [2.75, 3.05) is 7.05 Å². The lowest BCUT2D eigenvalue weighted by atomic mass is 10.2. The van der Waals surface area contributed by atoms with Crippen molar-refractivity contribution in [2.45, 2.75) is 18.4 Å². The number of nitro benzene ring substituents is 1. The summed E-state index contributed by atoms with van der Waals surface area (Å²) in [5, 5.41) is 11.0. The molecule has 0 aliphatic rings. The Balaban J connectivity index is 2.42. The van der Waals surface area contributed by atoms with Crippen LogP contribution in [0.1, 0.15) is 11.1 Å². The van der Waals surface area contributed by atoms with Gasteiger partial charge < -0.3 is 0 Å². The minimum atomic E-state index is -4.18. The van der Waals surface area contributed by atoms with Crippen LogP contribution in [0.5, 0.6) is 0 Å². The summed E-state index contributed by atoms with van der Waals surface area (Å²) < 4.78 is 52.7. The summed E-state index contributed by atoms with van der Waals surface area (Å²) in [6, 6.07) is 4.77. The number of rotatable bonds is 5. The molecule has 0 aliphatic heterocycles. The van der Waals surface area contributed by atoms with Crippen molar-refractivity contribution in [3.8, 4) is 0 Å². The molecule has 25 heavy (non-hydrogen) atoms. The lowest BCUT2D eigenvalue weighted by Crippen LogP contribution is -2.27. The Morgan fingerprint density at radius 3 is 2.44 bits per heavy atom.